The lowest BCUT2D eigenvalue weighted by atomic mass is 10.2. The van der Waals surface area contributed by atoms with Gasteiger partial charge in [0, 0.05) is 3.57 Å². The maximum Gasteiger partial charge on any atom is 0.325 e. The Morgan fingerprint density at radius 3 is 2.62 bits per heavy atom. The molecule has 2 aromatic rings. The fourth-order valence-corrected chi connectivity index (χ4v) is 2.60. The van der Waals surface area contributed by atoms with Gasteiger partial charge < -0.3 is 14.8 Å². The number of carbonyl (C=O) groups is 2. The summed E-state index contributed by atoms with van der Waals surface area (Å²) in [6, 6.07) is 14.8. The molecular formula is C18H18INO4. The predicted octanol–water partition coefficient (Wildman–Crippen LogP) is 2.95. The topological polar surface area (TPSA) is 64.6 Å². The lowest BCUT2D eigenvalue weighted by Gasteiger charge is -2.09. The highest BCUT2D eigenvalue weighted by atomic mass is 127. The van der Waals surface area contributed by atoms with E-state index < -0.39 is 5.97 Å². The first-order chi connectivity index (χ1) is 11.6. The number of esters is 1. The number of nitrogens with one attached hydrogen (secondary N) is 1. The van der Waals surface area contributed by atoms with Crippen molar-refractivity contribution in [2.24, 2.45) is 0 Å². The van der Waals surface area contributed by atoms with Gasteiger partial charge >= 0.3 is 5.97 Å². The third kappa shape index (κ3) is 5.84. The van der Waals surface area contributed by atoms with Crippen LogP contribution in [0.4, 0.5) is 0 Å². The van der Waals surface area contributed by atoms with Crippen LogP contribution in [-0.2, 0) is 9.53 Å². The molecule has 0 aliphatic heterocycles. The molecule has 0 aromatic heterocycles. The van der Waals surface area contributed by atoms with Gasteiger partial charge in [-0.15, -0.1) is 0 Å². The molecule has 0 heterocycles. The zero-order chi connectivity index (χ0) is 17.4. The summed E-state index contributed by atoms with van der Waals surface area (Å²) in [5.41, 5.74) is 1.64. The quantitative estimate of drug-likeness (QED) is 0.410. The second-order valence-electron chi connectivity index (χ2n) is 5.05. The summed E-state index contributed by atoms with van der Waals surface area (Å²) in [5, 5.41) is 2.55. The molecule has 6 heteroatoms. The number of hydrogen-bond acceptors (Lipinski definition) is 4. The van der Waals surface area contributed by atoms with E-state index in [-0.39, 0.29) is 25.7 Å². The molecule has 0 spiro atoms. The molecule has 0 aliphatic carbocycles. The van der Waals surface area contributed by atoms with Crippen LogP contribution in [0, 0.1) is 10.5 Å². The van der Waals surface area contributed by atoms with Gasteiger partial charge in [-0.25, -0.2) is 0 Å². The number of amides is 1. The highest BCUT2D eigenvalue weighted by Gasteiger charge is 2.11. The molecule has 1 N–H and O–H groups in total. The monoisotopic (exact) mass is 439 g/mol. The second kappa shape index (κ2) is 9.27. The minimum absolute atomic E-state index is 0.130. The predicted molar refractivity (Wildman–Crippen MR) is 99.1 cm³/mol. The number of rotatable bonds is 7. The van der Waals surface area contributed by atoms with Gasteiger partial charge in [-0.2, -0.15) is 0 Å². The molecule has 1 amide bonds. The highest BCUT2D eigenvalue weighted by Crippen LogP contribution is 2.12. The number of benzene rings is 2. The van der Waals surface area contributed by atoms with Crippen LogP contribution in [-0.4, -0.2) is 31.6 Å². The molecule has 0 radical (unpaired) electrons. The van der Waals surface area contributed by atoms with Crippen molar-refractivity contribution in [3.8, 4) is 5.75 Å². The van der Waals surface area contributed by atoms with Crippen LogP contribution >= 0.6 is 22.6 Å². The van der Waals surface area contributed by atoms with Crippen LogP contribution in [0.3, 0.4) is 0 Å². The first-order valence-corrected chi connectivity index (χ1v) is 8.52. The van der Waals surface area contributed by atoms with Crippen LogP contribution in [0.15, 0.2) is 48.5 Å². The van der Waals surface area contributed by atoms with Crippen molar-refractivity contribution in [2.45, 2.75) is 6.92 Å². The van der Waals surface area contributed by atoms with Gasteiger partial charge in [-0.3, -0.25) is 9.59 Å². The van der Waals surface area contributed by atoms with Gasteiger partial charge in [-0.1, -0.05) is 24.3 Å². The van der Waals surface area contributed by atoms with Crippen molar-refractivity contribution in [2.75, 3.05) is 19.8 Å². The summed E-state index contributed by atoms with van der Waals surface area (Å²) in [6.07, 6.45) is 0. The zero-order valence-corrected chi connectivity index (χ0v) is 15.4. The van der Waals surface area contributed by atoms with Crippen LogP contribution in [0.25, 0.3) is 0 Å². The van der Waals surface area contributed by atoms with E-state index in [4.69, 9.17) is 9.47 Å². The molecule has 126 valence electrons. The molecular weight excluding hydrogens is 421 g/mol. The Balaban J connectivity index is 1.66. The van der Waals surface area contributed by atoms with E-state index in [0.29, 0.717) is 5.56 Å². The van der Waals surface area contributed by atoms with E-state index in [0.717, 1.165) is 14.9 Å². The molecule has 24 heavy (non-hydrogen) atoms. The van der Waals surface area contributed by atoms with E-state index in [9.17, 15) is 9.59 Å². The fourth-order valence-electron chi connectivity index (χ4n) is 1.96. The summed E-state index contributed by atoms with van der Waals surface area (Å²) in [5.74, 6) is -0.0619. The molecule has 2 aromatic carbocycles. The van der Waals surface area contributed by atoms with Gasteiger partial charge in [0.1, 0.15) is 25.5 Å². The van der Waals surface area contributed by atoms with E-state index in [2.05, 4.69) is 27.9 Å². The smallest absolute Gasteiger partial charge is 0.325 e. The third-order valence-corrected chi connectivity index (χ3v) is 4.06. The lowest BCUT2D eigenvalue weighted by molar-refractivity contribution is -0.143. The average Bonchev–Trinajstić information content (AvgIpc) is 2.57. The summed E-state index contributed by atoms with van der Waals surface area (Å²) < 4.78 is 11.3. The molecule has 0 fully saturated rings. The van der Waals surface area contributed by atoms with Gasteiger partial charge in [0.25, 0.3) is 5.91 Å². The van der Waals surface area contributed by atoms with Gasteiger partial charge in [0.2, 0.25) is 0 Å². The van der Waals surface area contributed by atoms with Gasteiger partial charge in [-0.05, 0) is 59.3 Å². The minimum atomic E-state index is -0.498. The first-order valence-electron chi connectivity index (χ1n) is 7.44. The number of aryl methyl sites for hydroxylation is 1. The standard InChI is InChI=1S/C18H18INO4/c1-13-5-4-6-14(11-13)23-9-10-24-17(21)12-20-18(22)15-7-2-3-8-16(15)19/h2-8,11H,9-10,12H2,1H3,(H,20,22). The van der Waals surface area contributed by atoms with Crippen LogP contribution < -0.4 is 10.1 Å². The Kier molecular flexibility index (Phi) is 7.05. The Hall–Kier alpha value is -2.09. The number of ether oxygens (including phenoxy) is 2. The number of carbonyl (C=O) groups excluding carboxylic acids is 2. The van der Waals surface area contributed by atoms with Crippen LogP contribution in [0.2, 0.25) is 0 Å². The molecule has 0 saturated carbocycles. The van der Waals surface area contributed by atoms with Gasteiger partial charge in [0.05, 0.1) is 5.56 Å². The lowest BCUT2D eigenvalue weighted by Crippen LogP contribution is -2.31. The van der Waals surface area contributed by atoms with Crippen molar-refractivity contribution >= 4 is 34.5 Å². The summed E-state index contributed by atoms with van der Waals surface area (Å²) in [7, 11) is 0. The zero-order valence-electron chi connectivity index (χ0n) is 13.3. The summed E-state index contributed by atoms with van der Waals surface area (Å²) >= 11 is 2.07. The Bertz CT molecular complexity index is 718. The van der Waals surface area contributed by atoms with Crippen molar-refractivity contribution < 1.29 is 19.1 Å². The van der Waals surface area contributed by atoms with E-state index >= 15 is 0 Å². The van der Waals surface area contributed by atoms with E-state index in [1.165, 1.54) is 0 Å². The van der Waals surface area contributed by atoms with E-state index in [1.54, 1.807) is 12.1 Å². The SMILES string of the molecule is Cc1cccc(OCCOC(=O)CNC(=O)c2ccccc2I)c1. The highest BCUT2D eigenvalue weighted by molar-refractivity contribution is 14.1. The molecule has 0 aliphatic rings. The van der Waals surface area contributed by atoms with Crippen molar-refractivity contribution in [3.05, 3.63) is 63.2 Å². The minimum Gasteiger partial charge on any atom is -0.490 e. The van der Waals surface area contributed by atoms with Gasteiger partial charge in [0.15, 0.2) is 0 Å². The number of hydrogen-bond donors (Lipinski definition) is 1. The normalized spacial score (nSPS) is 10.1. The Morgan fingerprint density at radius 1 is 1.08 bits per heavy atom. The fraction of sp³-hybridized carbons (Fsp3) is 0.222. The molecule has 0 unspecified atom stereocenters. The maximum atomic E-state index is 12.0. The van der Waals surface area contributed by atoms with Crippen molar-refractivity contribution in [3.63, 3.8) is 0 Å². The Morgan fingerprint density at radius 2 is 1.88 bits per heavy atom. The van der Waals surface area contributed by atoms with Crippen molar-refractivity contribution in [1.82, 2.24) is 5.32 Å². The van der Waals surface area contributed by atoms with Crippen LogP contribution in [0.1, 0.15) is 15.9 Å². The molecule has 0 saturated heterocycles. The number of halogens is 1. The average molecular weight is 439 g/mol. The summed E-state index contributed by atoms with van der Waals surface area (Å²) in [4.78, 5) is 23.6. The maximum absolute atomic E-state index is 12.0. The third-order valence-electron chi connectivity index (χ3n) is 3.12. The van der Waals surface area contributed by atoms with E-state index in [1.807, 2.05) is 43.3 Å². The van der Waals surface area contributed by atoms with Crippen LogP contribution in [0.5, 0.6) is 5.75 Å². The molecule has 0 bridgehead atoms. The molecule has 2 rings (SSSR count). The summed E-state index contributed by atoms with van der Waals surface area (Å²) in [6.45, 7) is 2.20. The first kappa shape index (κ1) is 18.3. The Labute approximate surface area is 154 Å². The van der Waals surface area contributed by atoms with Crippen molar-refractivity contribution in [1.29, 1.82) is 0 Å². The molecule has 0 atom stereocenters. The second-order valence-corrected chi connectivity index (χ2v) is 6.21. The largest absolute Gasteiger partial charge is 0.490 e. The molecule has 5 nitrogen and oxygen atoms in total.